The summed E-state index contributed by atoms with van der Waals surface area (Å²) in [6.07, 6.45) is 9.52. The van der Waals surface area contributed by atoms with Crippen LogP contribution in [0.2, 0.25) is 0 Å². The SMILES string of the molecule is CCCCOc1nc(N)c2[nH]c(=O)n(CCCCN3CCN(C4CCCC4)CC3)c2n1. The lowest BCUT2D eigenvalue weighted by molar-refractivity contribution is 0.0966. The van der Waals surface area contributed by atoms with Crippen molar-refractivity contribution in [2.45, 2.75) is 70.9 Å². The molecule has 9 heteroatoms. The molecule has 2 aromatic rings. The first-order chi connectivity index (χ1) is 15.2. The zero-order chi connectivity index (χ0) is 21.6. The monoisotopic (exact) mass is 431 g/mol. The molecule has 0 unspecified atom stereocenters. The number of ether oxygens (including phenoxy) is 1. The predicted molar refractivity (Wildman–Crippen MR) is 122 cm³/mol. The molecule has 2 aromatic heterocycles. The average molecular weight is 432 g/mol. The number of rotatable bonds is 10. The van der Waals surface area contributed by atoms with Gasteiger partial charge in [-0.05, 0) is 38.6 Å². The van der Waals surface area contributed by atoms with Crippen LogP contribution in [0.25, 0.3) is 11.2 Å². The van der Waals surface area contributed by atoms with Crippen LogP contribution in [0.15, 0.2) is 4.79 Å². The summed E-state index contributed by atoms with van der Waals surface area (Å²) in [5.41, 5.74) is 6.87. The number of piperazine rings is 1. The zero-order valence-electron chi connectivity index (χ0n) is 18.8. The van der Waals surface area contributed by atoms with E-state index < -0.39 is 0 Å². The second-order valence-electron chi connectivity index (χ2n) is 8.90. The molecule has 1 saturated heterocycles. The van der Waals surface area contributed by atoms with Gasteiger partial charge in [0.15, 0.2) is 11.5 Å². The first-order valence-electron chi connectivity index (χ1n) is 12.0. The minimum atomic E-state index is -0.188. The third-order valence-electron chi connectivity index (χ3n) is 6.71. The highest BCUT2D eigenvalue weighted by Crippen LogP contribution is 2.24. The summed E-state index contributed by atoms with van der Waals surface area (Å²) in [5.74, 6) is 0.257. The highest BCUT2D eigenvalue weighted by Gasteiger charge is 2.25. The Bertz CT molecular complexity index is 895. The van der Waals surface area contributed by atoms with E-state index in [9.17, 15) is 4.79 Å². The van der Waals surface area contributed by atoms with Crippen molar-refractivity contribution >= 4 is 17.0 Å². The summed E-state index contributed by atoms with van der Waals surface area (Å²) in [6, 6.07) is 1.08. The van der Waals surface area contributed by atoms with E-state index in [1.807, 2.05) is 0 Å². The number of unbranched alkanes of at least 4 members (excludes halogenated alkanes) is 2. The molecule has 172 valence electrons. The zero-order valence-corrected chi connectivity index (χ0v) is 18.8. The van der Waals surface area contributed by atoms with Crippen molar-refractivity contribution < 1.29 is 4.74 Å². The van der Waals surface area contributed by atoms with Crippen LogP contribution >= 0.6 is 0 Å². The Morgan fingerprint density at radius 2 is 1.81 bits per heavy atom. The smallest absolute Gasteiger partial charge is 0.327 e. The minimum absolute atomic E-state index is 0.188. The summed E-state index contributed by atoms with van der Waals surface area (Å²) in [7, 11) is 0. The van der Waals surface area contributed by atoms with Crippen molar-refractivity contribution in [3.63, 3.8) is 0 Å². The highest BCUT2D eigenvalue weighted by molar-refractivity contribution is 5.81. The number of imidazole rings is 1. The topological polar surface area (TPSA) is 105 Å². The number of nitrogens with two attached hydrogens (primary N) is 1. The molecule has 1 aliphatic heterocycles. The molecule has 2 aliphatic rings. The maximum Gasteiger partial charge on any atom is 0.327 e. The maximum absolute atomic E-state index is 12.4. The van der Waals surface area contributed by atoms with Gasteiger partial charge in [0.2, 0.25) is 0 Å². The van der Waals surface area contributed by atoms with E-state index in [-0.39, 0.29) is 17.5 Å². The van der Waals surface area contributed by atoms with Gasteiger partial charge in [-0.2, -0.15) is 9.97 Å². The van der Waals surface area contributed by atoms with Crippen molar-refractivity contribution in [1.82, 2.24) is 29.3 Å². The second-order valence-corrected chi connectivity index (χ2v) is 8.90. The lowest BCUT2D eigenvalue weighted by atomic mass is 10.1. The summed E-state index contributed by atoms with van der Waals surface area (Å²) in [6.45, 7) is 9.06. The van der Waals surface area contributed by atoms with E-state index in [0.717, 1.165) is 51.4 Å². The van der Waals surface area contributed by atoms with E-state index >= 15 is 0 Å². The van der Waals surface area contributed by atoms with Gasteiger partial charge in [-0.3, -0.25) is 9.47 Å². The lowest BCUT2D eigenvalue weighted by Crippen LogP contribution is -2.49. The molecule has 31 heavy (non-hydrogen) atoms. The molecule has 2 fully saturated rings. The fourth-order valence-corrected chi connectivity index (χ4v) is 4.84. The molecule has 9 nitrogen and oxygen atoms in total. The molecule has 0 spiro atoms. The lowest BCUT2D eigenvalue weighted by Gasteiger charge is -2.38. The Hall–Kier alpha value is -2.13. The number of nitrogens with zero attached hydrogens (tertiary/aromatic N) is 5. The molecule has 0 atom stereocenters. The first-order valence-corrected chi connectivity index (χ1v) is 12.0. The largest absolute Gasteiger partial charge is 0.463 e. The molecule has 4 rings (SSSR count). The predicted octanol–water partition coefficient (Wildman–Crippen LogP) is 2.22. The van der Waals surface area contributed by atoms with Gasteiger partial charge >= 0.3 is 11.7 Å². The number of anilines is 1. The van der Waals surface area contributed by atoms with Gasteiger partial charge in [-0.15, -0.1) is 0 Å². The van der Waals surface area contributed by atoms with Crippen LogP contribution in [0, 0.1) is 0 Å². The van der Waals surface area contributed by atoms with Crippen LogP contribution in [0.3, 0.4) is 0 Å². The molecule has 1 aliphatic carbocycles. The molecular weight excluding hydrogens is 394 g/mol. The number of nitrogen functional groups attached to an aromatic ring is 1. The molecule has 0 radical (unpaired) electrons. The Morgan fingerprint density at radius 3 is 2.55 bits per heavy atom. The Labute approximate surface area is 184 Å². The van der Waals surface area contributed by atoms with Crippen LogP contribution in [0.4, 0.5) is 5.82 Å². The van der Waals surface area contributed by atoms with Crippen molar-refractivity contribution in [3.8, 4) is 6.01 Å². The van der Waals surface area contributed by atoms with E-state index in [2.05, 4.69) is 31.7 Å². The minimum Gasteiger partial charge on any atom is -0.463 e. The Kier molecular flexibility index (Phi) is 7.45. The molecule has 3 N–H and O–H groups in total. The van der Waals surface area contributed by atoms with Gasteiger partial charge in [-0.1, -0.05) is 26.2 Å². The van der Waals surface area contributed by atoms with Gasteiger partial charge in [0.05, 0.1) is 6.61 Å². The van der Waals surface area contributed by atoms with Crippen LogP contribution in [0.5, 0.6) is 6.01 Å². The number of aromatic amines is 1. The van der Waals surface area contributed by atoms with Crippen LogP contribution in [0.1, 0.15) is 58.3 Å². The summed E-state index contributed by atoms with van der Waals surface area (Å²) < 4.78 is 7.27. The van der Waals surface area contributed by atoms with E-state index in [4.69, 9.17) is 10.5 Å². The third-order valence-corrected chi connectivity index (χ3v) is 6.71. The molecule has 0 bridgehead atoms. The number of aryl methyl sites for hydroxylation is 1. The third kappa shape index (κ3) is 5.38. The molecule has 3 heterocycles. The van der Waals surface area contributed by atoms with Gasteiger partial charge in [0, 0.05) is 38.8 Å². The first kappa shape index (κ1) is 22.1. The van der Waals surface area contributed by atoms with Crippen molar-refractivity contribution in [1.29, 1.82) is 0 Å². The van der Waals surface area contributed by atoms with Crippen molar-refractivity contribution in [3.05, 3.63) is 10.5 Å². The number of nitrogens with one attached hydrogen (secondary N) is 1. The highest BCUT2D eigenvalue weighted by atomic mass is 16.5. The normalized spacial score (nSPS) is 18.9. The number of hydrogen-bond acceptors (Lipinski definition) is 7. The Balaban J connectivity index is 1.28. The summed E-state index contributed by atoms with van der Waals surface area (Å²) in [4.78, 5) is 29.1. The van der Waals surface area contributed by atoms with Gasteiger partial charge in [0.1, 0.15) is 5.52 Å². The second kappa shape index (κ2) is 10.5. The quantitative estimate of drug-likeness (QED) is 0.556. The maximum atomic E-state index is 12.4. The van der Waals surface area contributed by atoms with E-state index in [0.29, 0.717) is 24.3 Å². The van der Waals surface area contributed by atoms with Crippen LogP contribution in [-0.4, -0.2) is 74.7 Å². The fraction of sp³-hybridized carbons (Fsp3) is 0.773. The molecule has 1 saturated carbocycles. The van der Waals surface area contributed by atoms with Gasteiger partial charge in [0.25, 0.3) is 0 Å². The fourth-order valence-electron chi connectivity index (χ4n) is 4.84. The van der Waals surface area contributed by atoms with Gasteiger partial charge in [-0.25, -0.2) is 4.79 Å². The van der Waals surface area contributed by atoms with Crippen LogP contribution in [-0.2, 0) is 6.54 Å². The number of fused-ring (bicyclic) bond motifs is 1. The Morgan fingerprint density at radius 1 is 1.06 bits per heavy atom. The molecule has 0 aromatic carbocycles. The van der Waals surface area contributed by atoms with Crippen molar-refractivity contribution in [2.75, 3.05) is 45.1 Å². The standard InChI is InChI=1S/C22H37N7O2/c1-2-3-16-31-21-25-19(23)18-20(26-21)29(22(30)24-18)11-7-6-10-27-12-14-28(15-13-27)17-8-4-5-9-17/h17H,2-16H2,1H3,(H,24,30)(H2,23,25,26). The van der Waals surface area contributed by atoms with Gasteiger partial charge < -0.3 is 20.4 Å². The van der Waals surface area contributed by atoms with E-state index in [1.54, 1.807) is 4.57 Å². The average Bonchev–Trinajstić information content (AvgIpc) is 3.41. The van der Waals surface area contributed by atoms with E-state index in [1.165, 1.54) is 38.8 Å². The molecule has 0 amide bonds. The van der Waals surface area contributed by atoms with Crippen LogP contribution < -0.4 is 16.2 Å². The summed E-state index contributed by atoms with van der Waals surface area (Å²) in [5, 5.41) is 0. The number of hydrogen-bond donors (Lipinski definition) is 2. The molecular formula is C22H37N7O2. The number of aromatic nitrogens is 4. The summed E-state index contributed by atoms with van der Waals surface area (Å²) >= 11 is 0. The van der Waals surface area contributed by atoms with Crippen molar-refractivity contribution in [2.24, 2.45) is 0 Å². The number of H-pyrrole nitrogens is 1.